The van der Waals surface area contributed by atoms with Crippen molar-refractivity contribution in [3.63, 3.8) is 0 Å². The molecular formula is C29H28F2. The Kier molecular flexibility index (Phi) is 6.18. The fourth-order valence-corrected chi connectivity index (χ4v) is 4.51. The molecule has 0 heterocycles. The van der Waals surface area contributed by atoms with E-state index in [9.17, 15) is 0 Å². The van der Waals surface area contributed by atoms with Crippen molar-refractivity contribution in [2.45, 2.75) is 39.5 Å². The molecule has 0 nitrogen and oxygen atoms in total. The molecule has 0 saturated heterocycles. The van der Waals surface area contributed by atoms with Crippen molar-refractivity contribution in [2.24, 2.45) is 5.41 Å². The van der Waals surface area contributed by atoms with Gasteiger partial charge in [-0.25, -0.2) is 8.78 Å². The van der Waals surface area contributed by atoms with Gasteiger partial charge < -0.3 is 0 Å². The first kappa shape index (κ1) is 21.2. The van der Waals surface area contributed by atoms with Gasteiger partial charge in [-0.15, -0.1) is 0 Å². The summed E-state index contributed by atoms with van der Waals surface area (Å²) in [6.45, 7) is 4.38. The van der Waals surface area contributed by atoms with E-state index in [1.54, 1.807) is 12.1 Å². The van der Waals surface area contributed by atoms with Gasteiger partial charge in [0.05, 0.1) is 0 Å². The van der Waals surface area contributed by atoms with E-state index in [0.717, 1.165) is 42.4 Å². The van der Waals surface area contributed by atoms with Gasteiger partial charge in [0.1, 0.15) is 0 Å². The van der Waals surface area contributed by atoms with E-state index in [-0.39, 0.29) is 11.0 Å². The lowest BCUT2D eigenvalue weighted by molar-refractivity contribution is 0.335. The molecule has 0 bridgehead atoms. The average molecular weight is 415 g/mol. The maximum Gasteiger partial charge on any atom is 0.167 e. The Hall–Kier alpha value is -3.00. The van der Waals surface area contributed by atoms with E-state index in [1.165, 1.54) is 0 Å². The first-order chi connectivity index (χ1) is 15.1. The van der Waals surface area contributed by atoms with Gasteiger partial charge in [-0.2, -0.15) is 0 Å². The third kappa shape index (κ3) is 4.25. The minimum Gasteiger partial charge on any atom is -0.203 e. The second-order valence-corrected chi connectivity index (χ2v) is 8.39. The van der Waals surface area contributed by atoms with Crippen LogP contribution in [0, 0.1) is 17.0 Å². The molecule has 0 aliphatic heterocycles. The van der Waals surface area contributed by atoms with E-state index < -0.39 is 11.6 Å². The fraction of sp³-hybridized carbons (Fsp3) is 0.241. The molecule has 0 spiro atoms. The number of hydrogen-bond acceptors (Lipinski definition) is 0. The third-order valence-corrected chi connectivity index (χ3v) is 6.49. The molecule has 0 N–H and O–H groups in total. The Balaban J connectivity index is 1.61. The van der Waals surface area contributed by atoms with Crippen LogP contribution in [0.25, 0.3) is 27.8 Å². The smallest absolute Gasteiger partial charge is 0.167 e. The van der Waals surface area contributed by atoms with E-state index in [4.69, 9.17) is 0 Å². The van der Waals surface area contributed by atoms with Gasteiger partial charge in [0.25, 0.3) is 0 Å². The Morgan fingerprint density at radius 2 is 1.35 bits per heavy atom. The highest BCUT2D eigenvalue weighted by atomic mass is 19.2. The maximum absolute atomic E-state index is 15.0. The number of hydrogen-bond donors (Lipinski definition) is 0. The Morgan fingerprint density at radius 1 is 0.742 bits per heavy atom. The molecule has 158 valence electrons. The summed E-state index contributed by atoms with van der Waals surface area (Å²) in [5.74, 6) is -1.57. The van der Waals surface area contributed by atoms with Crippen LogP contribution in [0.3, 0.4) is 0 Å². The van der Waals surface area contributed by atoms with E-state index in [0.29, 0.717) is 11.1 Å². The van der Waals surface area contributed by atoms with Crippen LogP contribution in [0.4, 0.5) is 8.78 Å². The largest absolute Gasteiger partial charge is 0.203 e. The third-order valence-electron chi connectivity index (χ3n) is 6.49. The number of rotatable bonds is 6. The summed E-state index contributed by atoms with van der Waals surface area (Å²) in [6.07, 6.45) is 10.4. The van der Waals surface area contributed by atoms with Gasteiger partial charge in [0.2, 0.25) is 0 Å². The molecule has 0 radical (unpaired) electrons. The number of benzene rings is 3. The first-order valence-electron chi connectivity index (χ1n) is 11.1. The van der Waals surface area contributed by atoms with Gasteiger partial charge >= 0.3 is 0 Å². The van der Waals surface area contributed by atoms with Crippen molar-refractivity contribution in [3.8, 4) is 22.3 Å². The van der Waals surface area contributed by atoms with E-state index in [1.807, 2.05) is 60.7 Å². The van der Waals surface area contributed by atoms with Crippen LogP contribution in [-0.2, 0) is 0 Å². The molecule has 1 unspecified atom stereocenters. The summed E-state index contributed by atoms with van der Waals surface area (Å²) in [4.78, 5) is 0. The normalized spacial score (nSPS) is 18.1. The molecule has 0 saturated carbocycles. The second-order valence-electron chi connectivity index (χ2n) is 8.39. The van der Waals surface area contributed by atoms with E-state index in [2.05, 4.69) is 26.0 Å². The summed E-state index contributed by atoms with van der Waals surface area (Å²) in [6, 6.07) is 21.0. The summed E-state index contributed by atoms with van der Waals surface area (Å²) in [5.41, 5.74) is 4.35. The maximum atomic E-state index is 15.0. The standard InChI is InChI=1S/C29H28F2/c1-3-18-29(4-2)19-16-24(17-20-29)26-15-14-25(27(30)28(26)31)23-12-10-22(11-13-23)21-8-6-5-7-9-21/h5-17,19H,3-4,18,20H2,1-2H3. The quantitative estimate of drug-likeness (QED) is 0.378. The molecule has 1 atom stereocenters. The number of halogens is 2. The topological polar surface area (TPSA) is 0 Å². The predicted octanol–water partition coefficient (Wildman–Crippen LogP) is 8.84. The molecule has 1 aliphatic rings. The van der Waals surface area contributed by atoms with Crippen molar-refractivity contribution in [3.05, 3.63) is 102 Å². The molecule has 4 rings (SSSR count). The molecule has 3 aromatic rings. The summed E-state index contributed by atoms with van der Waals surface area (Å²) >= 11 is 0. The van der Waals surface area contributed by atoms with Gasteiger partial charge in [0.15, 0.2) is 11.6 Å². The SMILES string of the molecule is CCCC1(CC)C=CC(c2ccc(-c3ccc(-c4ccccc4)cc3)c(F)c2F)=CC1. The molecule has 0 fully saturated rings. The van der Waals surface area contributed by atoms with Crippen LogP contribution in [0.15, 0.2) is 85.0 Å². The van der Waals surface area contributed by atoms with Crippen molar-refractivity contribution in [1.29, 1.82) is 0 Å². The number of allylic oxidation sites excluding steroid dienone is 4. The van der Waals surface area contributed by atoms with Crippen LogP contribution < -0.4 is 0 Å². The van der Waals surface area contributed by atoms with Crippen LogP contribution >= 0.6 is 0 Å². The van der Waals surface area contributed by atoms with Crippen molar-refractivity contribution in [2.75, 3.05) is 0 Å². The first-order valence-corrected chi connectivity index (χ1v) is 11.1. The molecule has 2 heteroatoms. The molecule has 0 aromatic heterocycles. The van der Waals surface area contributed by atoms with E-state index >= 15 is 8.78 Å². The van der Waals surface area contributed by atoms with Crippen molar-refractivity contribution in [1.82, 2.24) is 0 Å². The molecular weight excluding hydrogens is 386 g/mol. The fourth-order valence-electron chi connectivity index (χ4n) is 4.51. The zero-order valence-electron chi connectivity index (χ0n) is 18.2. The average Bonchev–Trinajstić information content (AvgIpc) is 2.82. The van der Waals surface area contributed by atoms with Crippen LogP contribution in [0.2, 0.25) is 0 Å². The lowest BCUT2D eigenvalue weighted by Gasteiger charge is -2.31. The minimum absolute atomic E-state index is 0.147. The van der Waals surface area contributed by atoms with Crippen molar-refractivity contribution < 1.29 is 8.78 Å². The highest BCUT2D eigenvalue weighted by Gasteiger charge is 2.26. The van der Waals surface area contributed by atoms with Crippen LogP contribution in [-0.4, -0.2) is 0 Å². The monoisotopic (exact) mass is 414 g/mol. The van der Waals surface area contributed by atoms with Gasteiger partial charge in [-0.05, 0) is 46.9 Å². The van der Waals surface area contributed by atoms with Crippen molar-refractivity contribution >= 4 is 5.57 Å². The van der Waals surface area contributed by atoms with Gasteiger partial charge in [-0.1, -0.05) is 105 Å². The summed E-state index contributed by atoms with van der Waals surface area (Å²) in [5, 5.41) is 0. The summed E-state index contributed by atoms with van der Waals surface area (Å²) < 4.78 is 30.1. The predicted molar refractivity (Wildman–Crippen MR) is 127 cm³/mol. The van der Waals surface area contributed by atoms with Crippen LogP contribution in [0.1, 0.15) is 45.1 Å². The van der Waals surface area contributed by atoms with Gasteiger partial charge in [0, 0.05) is 11.1 Å². The Labute approximate surface area is 184 Å². The molecule has 1 aliphatic carbocycles. The summed E-state index contributed by atoms with van der Waals surface area (Å²) in [7, 11) is 0. The zero-order chi connectivity index (χ0) is 21.8. The van der Waals surface area contributed by atoms with Crippen LogP contribution in [0.5, 0.6) is 0 Å². The highest BCUT2D eigenvalue weighted by molar-refractivity contribution is 5.78. The zero-order valence-corrected chi connectivity index (χ0v) is 18.2. The highest BCUT2D eigenvalue weighted by Crippen LogP contribution is 2.40. The molecule has 3 aromatic carbocycles. The second kappa shape index (κ2) is 9.01. The Morgan fingerprint density at radius 3 is 1.97 bits per heavy atom. The molecule has 0 amide bonds. The molecule has 31 heavy (non-hydrogen) atoms. The lowest BCUT2D eigenvalue weighted by Crippen LogP contribution is -2.18. The minimum atomic E-state index is -0.792. The Bertz CT molecular complexity index is 1110. The van der Waals surface area contributed by atoms with Gasteiger partial charge in [-0.3, -0.25) is 0 Å². The lowest BCUT2D eigenvalue weighted by atomic mass is 9.74.